The Labute approximate surface area is 144 Å². The number of rotatable bonds is 4. The minimum Gasteiger partial charge on any atom is -0.338 e. The summed E-state index contributed by atoms with van der Waals surface area (Å²) in [5.41, 5.74) is 0.569. The number of aromatic nitrogens is 2. The monoisotopic (exact) mass is 347 g/mol. The molecule has 2 aromatic rings. The van der Waals surface area contributed by atoms with E-state index in [2.05, 4.69) is 32.1 Å². The van der Waals surface area contributed by atoms with Crippen LogP contribution in [0.2, 0.25) is 0 Å². The maximum Gasteiger partial charge on any atom is 0.228 e. The predicted octanol–water partition coefficient (Wildman–Crippen LogP) is 1.69. The van der Waals surface area contributed by atoms with E-state index in [-0.39, 0.29) is 12.0 Å². The van der Waals surface area contributed by atoms with Crippen molar-refractivity contribution < 1.29 is 13.6 Å². The van der Waals surface area contributed by atoms with Gasteiger partial charge in [-0.2, -0.15) is 0 Å². The van der Waals surface area contributed by atoms with E-state index >= 15 is 0 Å². The predicted molar refractivity (Wildman–Crippen MR) is 90.4 cm³/mol. The Hall–Kier alpha value is -2.61. The largest absolute Gasteiger partial charge is 0.338 e. The maximum atomic E-state index is 13.6. The molecule has 0 saturated carbocycles. The van der Waals surface area contributed by atoms with E-state index in [0.717, 1.165) is 38.3 Å². The number of hydrogen-bond donors (Lipinski definition) is 1. The molecule has 1 aliphatic rings. The number of nitrogens with zero attached hydrogens (tertiary/aromatic N) is 4. The number of hydrogen-bond acceptors (Lipinski definition) is 5. The van der Waals surface area contributed by atoms with Crippen molar-refractivity contribution in [2.45, 2.75) is 6.42 Å². The van der Waals surface area contributed by atoms with Crippen molar-refractivity contribution in [1.29, 1.82) is 0 Å². The molecule has 1 N–H and O–H groups in total. The number of halogens is 2. The van der Waals surface area contributed by atoms with Gasteiger partial charge >= 0.3 is 0 Å². The lowest BCUT2D eigenvalue weighted by molar-refractivity contribution is -0.115. The average molecular weight is 347 g/mol. The van der Waals surface area contributed by atoms with Gasteiger partial charge in [0.1, 0.15) is 11.6 Å². The van der Waals surface area contributed by atoms with Crippen molar-refractivity contribution in [3.05, 3.63) is 47.8 Å². The number of benzene rings is 1. The van der Waals surface area contributed by atoms with Crippen LogP contribution in [0.3, 0.4) is 0 Å². The van der Waals surface area contributed by atoms with Crippen molar-refractivity contribution in [2.75, 3.05) is 43.4 Å². The lowest BCUT2D eigenvalue weighted by Crippen LogP contribution is -2.45. The zero-order valence-corrected chi connectivity index (χ0v) is 13.9. The highest BCUT2D eigenvalue weighted by molar-refractivity contribution is 5.92. The van der Waals surface area contributed by atoms with Crippen LogP contribution in [0.15, 0.2) is 30.6 Å². The van der Waals surface area contributed by atoms with Crippen molar-refractivity contribution in [2.24, 2.45) is 0 Å². The van der Waals surface area contributed by atoms with Crippen LogP contribution in [0, 0.1) is 11.6 Å². The third kappa shape index (κ3) is 4.48. The van der Waals surface area contributed by atoms with Crippen LogP contribution in [0.5, 0.6) is 0 Å². The third-order valence-corrected chi connectivity index (χ3v) is 4.07. The first-order chi connectivity index (χ1) is 12.0. The van der Waals surface area contributed by atoms with Gasteiger partial charge in [-0.15, -0.1) is 0 Å². The number of anilines is 2. The second kappa shape index (κ2) is 7.52. The Kier molecular flexibility index (Phi) is 5.18. The molecule has 0 bridgehead atoms. The van der Waals surface area contributed by atoms with Crippen LogP contribution in [0.4, 0.5) is 20.4 Å². The van der Waals surface area contributed by atoms with Gasteiger partial charge in [0.15, 0.2) is 0 Å². The molecule has 0 aliphatic carbocycles. The molecule has 2 heterocycles. The fraction of sp³-hybridized carbons (Fsp3) is 0.353. The molecule has 0 unspecified atom stereocenters. The van der Waals surface area contributed by atoms with Crippen LogP contribution >= 0.6 is 0 Å². The molecule has 1 aliphatic heterocycles. The van der Waals surface area contributed by atoms with Gasteiger partial charge in [-0.25, -0.2) is 18.7 Å². The number of carbonyl (C=O) groups is 1. The summed E-state index contributed by atoms with van der Waals surface area (Å²) in [6.45, 7) is 3.61. The average Bonchev–Trinajstić information content (AvgIpc) is 2.59. The summed E-state index contributed by atoms with van der Waals surface area (Å²) in [5, 5.41) is 2.62. The van der Waals surface area contributed by atoms with Gasteiger partial charge in [-0.05, 0) is 18.7 Å². The first kappa shape index (κ1) is 17.2. The van der Waals surface area contributed by atoms with E-state index in [0.29, 0.717) is 11.6 Å². The first-order valence-electron chi connectivity index (χ1n) is 8.00. The van der Waals surface area contributed by atoms with Crippen LogP contribution < -0.4 is 10.2 Å². The molecule has 132 valence electrons. The smallest absolute Gasteiger partial charge is 0.228 e. The van der Waals surface area contributed by atoms with Gasteiger partial charge in [0, 0.05) is 32.2 Å². The molecule has 0 spiro atoms. The Morgan fingerprint density at radius 1 is 1.16 bits per heavy atom. The molecule has 1 aromatic heterocycles. The second-order valence-electron chi connectivity index (χ2n) is 6.02. The summed E-state index contributed by atoms with van der Waals surface area (Å²) >= 11 is 0. The normalized spacial score (nSPS) is 15.2. The van der Waals surface area contributed by atoms with Crippen molar-refractivity contribution in [3.8, 4) is 0 Å². The highest BCUT2D eigenvalue weighted by atomic mass is 19.1. The Balaban J connectivity index is 1.58. The number of piperazine rings is 1. The number of carbonyl (C=O) groups excluding carboxylic acids is 1. The number of likely N-dealkylation sites (N-methyl/N-ethyl adjacent to an activating group) is 1. The topological polar surface area (TPSA) is 61.4 Å². The van der Waals surface area contributed by atoms with Crippen LogP contribution in [0.25, 0.3) is 0 Å². The zero-order chi connectivity index (χ0) is 17.8. The first-order valence-corrected chi connectivity index (χ1v) is 8.00. The summed E-state index contributed by atoms with van der Waals surface area (Å²) in [6, 6.07) is 3.15. The molecule has 1 saturated heterocycles. The van der Waals surface area contributed by atoms with Crippen molar-refractivity contribution in [1.82, 2.24) is 14.9 Å². The summed E-state index contributed by atoms with van der Waals surface area (Å²) in [6.07, 6.45) is 2.87. The fourth-order valence-corrected chi connectivity index (χ4v) is 2.60. The molecule has 3 rings (SSSR count). The molecule has 1 amide bonds. The minimum atomic E-state index is -0.739. The number of amides is 1. The van der Waals surface area contributed by atoms with E-state index in [1.807, 2.05) is 0 Å². The highest BCUT2D eigenvalue weighted by Gasteiger charge is 2.16. The molecular formula is C17H19F2N5O. The molecule has 6 nitrogen and oxygen atoms in total. The lowest BCUT2D eigenvalue weighted by Gasteiger charge is -2.32. The van der Waals surface area contributed by atoms with Gasteiger partial charge in [-0.3, -0.25) is 4.79 Å². The van der Waals surface area contributed by atoms with Crippen LogP contribution in [-0.4, -0.2) is 54.0 Å². The molecule has 1 fully saturated rings. The standard InChI is InChI=1S/C17H19F2N5O/c1-23-4-6-24(7-5-23)17-20-10-14(11-21-17)22-16(25)8-12-2-3-13(18)9-15(12)19/h2-3,9-11H,4-8H2,1H3,(H,22,25). The maximum absolute atomic E-state index is 13.6. The van der Waals surface area contributed by atoms with E-state index < -0.39 is 17.5 Å². The molecule has 0 atom stereocenters. The van der Waals surface area contributed by atoms with Gasteiger partial charge in [-0.1, -0.05) is 6.07 Å². The fourth-order valence-electron chi connectivity index (χ4n) is 2.60. The molecule has 1 aromatic carbocycles. The SMILES string of the molecule is CN1CCN(c2ncc(NC(=O)Cc3ccc(F)cc3F)cn2)CC1. The molecule has 0 radical (unpaired) electrons. The molecule has 8 heteroatoms. The second-order valence-corrected chi connectivity index (χ2v) is 6.02. The molecule has 25 heavy (non-hydrogen) atoms. The van der Waals surface area contributed by atoms with Crippen molar-refractivity contribution in [3.63, 3.8) is 0 Å². The highest BCUT2D eigenvalue weighted by Crippen LogP contribution is 2.14. The summed E-state index contributed by atoms with van der Waals surface area (Å²) in [4.78, 5) is 24.9. The minimum absolute atomic E-state index is 0.133. The summed E-state index contributed by atoms with van der Waals surface area (Å²) in [7, 11) is 2.07. The van der Waals surface area contributed by atoms with E-state index in [1.165, 1.54) is 18.5 Å². The van der Waals surface area contributed by atoms with Gasteiger partial charge in [0.05, 0.1) is 24.5 Å². The van der Waals surface area contributed by atoms with Crippen molar-refractivity contribution >= 4 is 17.5 Å². The third-order valence-electron chi connectivity index (χ3n) is 4.07. The summed E-state index contributed by atoms with van der Waals surface area (Å²) < 4.78 is 26.5. The van der Waals surface area contributed by atoms with E-state index in [9.17, 15) is 13.6 Å². The van der Waals surface area contributed by atoms with Gasteiger partial charge in [0.2, 0.25) is 11.9 Å². The van der Waals surface area contributed by atoms with Gasteiger partial charge < -0.3 is 15.1 Å². The summed E-state index contributed by atoms with van der Waals surface area (Å²) in [5.74, 6) is -1.21. The molecular weight excluding hydrogens is 328 g/mol. The lowest BCUT2D eigenvalue weighted by atomic mass is 10.1. The Morgan fingerprint density at radius 3 is 2.48 bits per heavy atom. The number of nitrogens with one attached hydrogen (secondary N) is 1. The van der Waals surface area contributed by atoms with Gasteiger partial charge in [0.25, 0.3) is 0 Å². The van der Waals surface area contributed by atoms with E-state index in [1.54, 1.807) is 0 Å². The zero-order valence-electron chi connectivity index (χ0n) is 13.9. The Morgan fingerprint density at radius 2 is 1.84 bits per heavy atom. The van der Waals surface area contributed by atoms with Crippen LogP contribution in [0.1, 0.15) is 5.56 Å². The Bertz CT molecular complexity index is 745. The van der Waals surface area contributed by atoms with E-state index in [4.69, 9.17) is 0 Å². The quantitative estimate of drug-likeness (QED) is 0.912. The van der Waals surface area contributed by atoms with Crippen LogP contribution in [-0.2, 0) is 11.2 Å².